The number of thiophene rings is 2. The van der Waals surface area contributed by atoms with E-state index in [-0.39, 0.29) is 0 Å². The Balaban J connectivity index is 2.23. The Morgan fingerprint density at radius 3 is 1.56 bits per heavy atom. The fourth-order valence-electron chi connectivity index (χ4n) is 1.79. The third kappa shape index (κ3) is 3.23. The lowest BCUT2D eigenvalue weighted by Crippen LogP contribution is -1.71. The Labute approximate surface area is 128 Å². The number of thiol groups is 2. The summed E-state index contributed by atoms with van der Waals surface area (Å²) >= 11 is 12.3. The number of hydrogen-bond donors (Lipinski definition) is 2. The van der Waals surface area contributed by atoms with Gasteiger partial charge in [0, 0.05) is 31.0 Å². The van der Waals surface area contributed by atoms with E-state index in [9.17, 15) is 0 Å². The van der Waals surface area contributed by atoms with E-state index in [1.54, 1.807) is 0 Å². The van der Waals surface area contributed by atoms with Crippen molar-refractivity contribution in [3.63, 3.8) is 0 Å². The van der Waals surface area contributed by atoms with Gasteiger partial charge in [0.2, 0.25) is 0 Å². The zero-order chi connectivity index (χ0) is 13.1. The highest BCUT2D eigenvalue weighted by atomic mass is 32.1. The molecule has 0 aromatic carbocycles. The van der Waals surface area contributed by atoms with Crippen LogP contribution in [-0.2, 0) is 11.5 Å². The molecule has 0 radical (unpaired) electrons. The third-order valence-corrected chi connectivity index (χ3v) is 6.01. The molecule has 0 saturated heterocycles. The highest BCUT2D eigenvalue weighted by Crippen LogP contribution is 2.27. The standard InChI is InChI=1S/C14H16S4/c1-9-11(5-13(7-15)17-9)3-4-12-6-14(8-16)18-10(12)2/h3-6,15-16H,7-8H2,1-2H3/b4-3+. The first kappa shape index (κ1) is 14.3. The number of aryl methyl sites for hydroxylation is 2. The van der Waals surface area contributed by atoms with Crippen LogP contribution in [0.2, 0.25) is 0 Å². The molecule has 2 rings (SSSR count). The number of rotatable bonds is 4. The Morgan fingerprint density at radius 1 is 0.889 bits per heavy atom. The molecule has 0 nitrogen and oxygen atoms in total. The quantitative estimate of drug-likeness (QED) is 0.688. The average Bonchev–Trinajstić information content (AvgIpc) is 2.90. The maximum absolute atomic E-state index is 4.32. The second-order valence-electron chi connectivity index (χ2n) is 4.10. The highest BCUT2D eigenvalue weighted by molar-refractivity contribution is 7.79. The van der Waals surface area contributed by atoms with Gasteiger partial charge in [0.25, 0.3) is 0 Å². The van der Waals surface area contributed by atoms with E-state index < -0.39 is 0 Å². The van der Waals surface area contributed by atoms with Crippen molar-refractivity contribution in [1.29, 1.82) is 0 Å². The van der Waals surface area contributed by atoms with Gasteiger partial charge < -0.3 is 0 Å². The van der Waals surface area contributed by atoms with Gasteiger partial charge in [-0.05, 0) is 37.1 Å². The Bertz CT molecular complexity index is 510. The van der Waals surface area contributed by atoms with Gasteiger partial charge in [-0.15, -0.1) is 22.7 Å². The van der Waals surface area contributed by atoms with Gasteiger partial charge in [-0.1, -0.05) is 12.2 Å². The molecular weight excluding hydrogens is 296 g/mol. The summed E-state index contributed by atoms with van der Waals surface area (Å²) in [5.74, 6) is 1.64. The second-order valence-corrected chi connectivity index (χ2v) is 7.41. The van der Waals surface area contributed by atoms with Gasteiger partial charge in [0.15, 0.2) is 0 Å². The van der Waals surface area contributed by atoms with Gasteiger partial charge in [-0.25, -0.2) is 0 Å². The van der Waals surface area contributed by atoms with Crippen LogP contribution in [0.25, 0.3) is 12.2 Å². The first-order valence-electron chi connectivity index (χ1n) is 5.72. The number of hydrogen-bond acceptors (Lipinski definition) is 4. The van der Waals surface area contributed by atoms with Crippen molar-refractivity contribution in [1.82, 2.24) is 0 Å². The summed E-state index contributed by atoms with van der Waals surface area (Å²) in [5.41, 5.74) is 2.61. The molecule has 0 atom stereocenters. The van der Waals surface area contributed by atoms with Gasteiger partial charge in [0.05, 0.1) is 0 Å². The van der Waals surface area contributed by atoms with Crippen LogP contribution in [-0.4, -0.2) is 0 Å². The topological polar surface area (TPSA) is 0 Å². The molecule has 0 aliphatic carbocycles. The lowest BCUT2D eigenvalue weighted by molar-refractivity contribution is 1.53. The minimum absolute atomic E-state index is 0.820. The van der Waals surface area contributed by atoms with Crippen molar-refractivity contribution >= 4 is 60.1 Å². The molecule has 18 heavy (non-hydrogen) atoms. The molecular formula is C14H16S4. The summed E-state index contributed by atoms with van der Waals surface area (Å²) in [6.45, 7) is 4.33. The van der Waals surface area contributed by atoms with Crippen molar-refractivity contribution in [2.24, 2.45) is 0 Å². The smallest absolute Gasteiger partial charge is 0.0248 e. The van der Waals surface area contributed by atoms with E-state index in [1.165, 1.54) is 30.6 Å². The van der Waals surface area contributed by atoms with Crippen LogP contribution in [0.15, 0.2) is 12.1 Å². The van der Waals surface area contributed by atoms with Gasteiger partial charge in [0.1, 0.15) is 0 Å². The maximum atomic E-state index is 4.32. The Kier molecular flexibility index (Phi) is 5.01. The van der Waals surface area contributed by atoms with E-state index in [0.717, 1.165) is 11.5 Å². The van der Waals surface area contributed by atoms with Crippen LogP contribution in [0, 0.1) is 13.8 Å². The summed E-state index contributed by atoms with van der Waals surface area (Å²) in [5, 5.41) is 0. The fraction of sp³-hybridized carbons (Fsp3) is 0.286. The van der Waals surface area contributed by atoms with Crippen molar-refractivity contribution in [3.8, 4) is 0 Å². The Morgan fingerprint density at radius 2 is 1.28 bits per heavy atom. The molecule has 96 valence electrons. The molecule has 0 bridgehead atoms. The fourth-order valence-corrected chi connectivity index (χ4v) is 4.13. The first-order chi connectivity index (χ1) is 8.63. The van der Waals surface area contributed by atoms with Crippen molar-refractivity contribution in [2.45, 2.75) is 25.4 Å². The van der Waals surface area contributed by atoms with Crippen molar-refractivity contribution in [3.05, 3.63) is 42.8 Å². The predicted octanol–water partition coefficient (Wildman–Crippen LogP) is 5.46. The average molecular weight is 313 g/mol. The summed E-state index contributed by atoms with van der Waals surface area (Å²) in [7, 11) is 0. The van der Waals surface area contributed by atoms with Crippen LogP contribution in [0.4, 0.5) is 0 Å². The minimum atomic E-state index is 0.820. The molecule has 0 N–H and O–H groups in total. The predicted molar refractivity (Wildman–Crippen MR) is 92.4 cm³/mol. The van der Waals surface area contributed by atoms with Crippen molar-refractivity contribution in [2.75, 3.05) is 0 Å². The molecule has 0 spiro atoms. The van der Waals surface area contributed by atoms with Gasteiger partial charge >= 0.3 is 0 Å². The molecule has 2 aromatic rings. The van der Waals surface area contributed by atoms with E-state index in [1.807, 2.05) is 22.7 Å². The lowest BCUT2D eigenvalue weighted by atomic mass is 10.1. The molecule has 2 heterocycles. The summed E-state index contributed by atoms with van der Waals surface area (Å²) in [6, 6.07) is 4.45. The summed E-state index contributed by atoms with van der Waals surface area (Å²) in [4.78, 5) is 5.37. The van der Waals surface area contributed by atoms with Crippen LogP contribution in [0.5, 0.6) is 0 Å². The monoisotopic (exact) mass is 312 g/mol. The lowest BCUT2D eigenvalue weighted by Gasteiger charge is -1.91. The van der Waals surface area contributed by atoms with Gasteiger partial charge in [-0.3, -0.25) is 0 Å². The molecule has 0 amide bonds. The molecule has 0 aliphatic heterocycles. The zero-order valence-electron chi connectivity index (χ0n) is 10.4. The summed E-state index contributed by atoms with van der Waals surface area (Å²) in [6.07, 6.45) is 4.41. The molecule has 0 fully saturated rings. The highest BCUT2D eigenvalue weighted by Gasteiger charge is 2.03. The first-order valence-corrected chi connectivity index (χ1v) is 8.62. The van der Waals surface area contributed by atoms with E-state index in [4.69, 9.17) is 0 Å². The van der Waals surface area contributed by atoms with Crippen LogP contribution >= 0.6 is 47.9 Å². The molecule has 0 unspecified atom stereocenters. The van der Waals surface area contributed by atoms with Crippen LogP contribution in [0.3, 0.4) is 0 Å². The molecule has 0 aliphatic rings. The van der Waals surface area contributed by atoms with E-state index in [0.29, 0.717) is 0 Å². The third-order valence-electron chi connectivity index (χ3n) is 2.77. The largest absolute Gasteiger partial charge is 0.174 e. The zero-order valence-corrected chi connectivity index (χ0v) is 13.9. The van der Waals surface area contributed by atoms with E-state index in [2.05, 4.69) is 63.4 Å². The van der Waals surface area contributed by atoms with Crippen LogP contribution < -0.4 is 0 Å². The minimum Gasteiger partial charge on any atom is -0.174 e. The Hall–Kier alpha value is -0.160. The SMILES string of the molecule is Cc1sc(CS)cc1/C=C/c1cc(CS)sc1C. The molecule has 0 saturated carbocycles. The van der Waals surface area contributed by atoms with Crippen LogP contribution in [0.1, 0.15) is 30.6 Å². The molecule has 2 aromatic heterocycles. The van der Waals surface area contributed by atoms with E-state index >= 15 is 0 Å². The summed E-state index contributed by atoms with van der Waals surface area (Å²) < 4.78 is 0. The normalized spacial score (nSPS) is 11.6. The maximum Gasteiger partial charge on any atom is 0.0248 e. The van der Waals surface area contributed by atoms with Gasteiger partial charge in [-0.2, -0.15) is 25.3 Å². The molecule has 4 heteroatoms. The van der Waals surface area contributed by atoms with Crippen molar-refractivity contribution < 1.29 is 0 Å². The second kappa shape index (κ2) is 6.33.